The second-order valence-electron chi connectivity index (χ2n) is 4.89. The zero-order valence-electron chi connectivity index (χ0n) is 12.0. The van der Waals surface area contributed by atoms with Crippen molar-refractivity contribution in [2.24, 2.45) is 14.1 Å². The van der Waals surface area contributed by atoms with Gasteiger partial charge in [0.25, 0.3) is 5.82 Å². The van der Waals surface area contributed by atoms with E-state index in [0.29, 0.717) is 5.02 Å². The van der Waals surface area contributed by atoms with Gasteiger partial charge in [-0.25, -0.2) is 9.13 Å². The molecule has 0 fully saturated rings. The zero-order valence-corrected chi connectivity index (χ0v) is 12.7. The fourth-order valence-electron chi connectivity index (χ4n) is 2.24. The summed E-state index contributed by atoms with van der Waals surface area (Å²) in [7, 11) is 4.02. The lowest BCUT2D eigenvalue weighted by molar-refractivity contribution is -0.672. The largest absolute Gasteiger partial charge is 0.457 e. The van der Waals surface area contributed by atoms with Gasteiger partial charge in [0.2, 0.25) is 0 Å². The first-order valence-electron chi connectivity index (χ1n) is 6.69. The number of benzene rings is 1. The van der Waals surface area contributed by atoms with Crippen molar-refractivity contribution in [3.8, 4) is 11.3 Å². The van der Waals surface area contributed by atoms with Crippen molar-refractivity contribution in [1.29, 1.82) is 0 Å². The molecule has 0 radical (unpaired) electrons. The maximum atomic E-state index is 6.18. The minimum absolute atomic E-state index is 0.691. The molecule has 0 amide bonds. The maximum absolute atomic E-state index is 6.18. The third kappa shape index (κ3) is 2.78. The van der Waals surface area contributed by atoms with Crippen LogP contribution < -0.4 is 4.57 Å². The second kappa shape index (κ2) is 5.62. The van der Waals surface area contributed by atoms with E-state index in [1.165, 1.54) is 0 Å². The molecule has 0 atom stereocenters. The summed E-state index contributed by atoms with van der Waals surface area (Å²) in [5.41, 5.74) is 0.906. The Bertz CT molecular complexity index is 779. The van der Waals surface area contributed by atoms with Gasteiger partial charge < -0.3 is 4.42 Å². The highest BCUT2D eigenvalue weighted by Crippen LogP contribution is 2.29. The normalized spacial score (nSPS) is 11.4. The van der Waals surface area contributed by atoms with E-state index in [2.05, 4.69) is 9.13 Å². The number of rotatable bonds is 3. The zero-order chi connectivity index (χ0) is 14.8. The van der Waals surface area contributed by atoms with E-state index in [4.69, 9.17) is 16.0 Å². The van der Waals surface area contributed by atoms with Crippen LogP contribution in [0.15, 0.2) is 53.2 Å². The van der Waals surface area contributed by atoms with Crippen LogP contribution in [0.4, 0.5) is 0 Å². The number of aromatic nitrogens is 2. The summed E-state index contributed by atoms with van der Waals surface area (Å²) in [5, 5.41) is 0.691. The van der Waals surface area contributed by atoms with E-state index >= 15 is 0 Å². The number of imidazole rings is 1. The van der Waals surface area contributed by atoms with Crippen LogP contribution in [0.1, 0.15) is 11.6 Å². The Morgan fingerprint density at radius 2 is 1.95 bits per heavy atom. The summed E-state index contributed by atoms with van der Waals surface area (Å²) in [5.74, 6) is 2.66. The quantitative estimate of drug-likeness (QED) is 0.672. The topological polar surface area (TPSA) is 21.9 Å². The minimum atomic E-state index is 0.691. The molecule has 1 aromatic carbocycles. The van der Waals surface area contributed by atoms with Gasteiger partial charge in [-0.3, -0.25) is 0 Å². The molecule has 0 aliphatic carbocycles. The van der Waals surface area contributed by atoms with Gasteiger partial charge in [0, 0.05) is 11.6 Å². The van der Waals surface area contributed by atoms with E-state index in [1.807, 2.05) is 75.0 Å². The lowest BCUT2D eigenvalue weighted by atomic mass is 10.2. The van der Waals surface area contributed by atoms with Crippen LogP contribution >= 0.6 is 11.6 Å². The smallest absolute Gasteiger partial charge is 0.281 e. The summed E-state index contributed by atoms with van der Waals surface area (Å²) in [6, 6.07) is 11.5. The molecule has 0 aliphatic heterocycles. The molecule has 106 valence electrons. The molecule has 3 rings (SSSR count). The molecule has 0 bridgehead atoms. The Morgan fingerprint density at radius 3 is 2.67 bits per heavy atom. The molecule has 21 heavy (non-hydrogen) atoms. The molecule has 3 aromatic rings. The van der Waals surface area contributed by atoms with Crippen molar-refractivity contribution in [3.63, 3.8) is 0 Å². The van der Waals surface area contributed by atoms with Crippen LogP contribution in [0.2, 0.25) is 5.02 Å². The van der Waals surface area contributed by atoms with E-state index < -0.39 is 0 Å². The Labute approximate surface area is 128 Å². The molecule has 0 N–H and O–H groups in total. The third-order valence-corrected chi connectivity index (χ3v) is 3.73. The van der Waals surface area contributed by atoms with Gasteiger partial charge in [0.15, 0.2) is 0 Å². The van der Waals surface area contributed by atoms with Crippen molar-refractivity contribution in [1.82, 2.24) is 4.57 Å². The standard InChI is InChI=1S/C17H16ClN2O/c1-19-11-12-20(2)17(19)10-8-13-7-9-16(21-13)14-5-3-4-6-15(14)18/h3-12H,1-2H3/q+1. The van der Waals surface area contributed by atoms with E-state index in [0.717, 1.165) is 22.9 Å². The Kier molecular flexibility index (Phi) is 3.67. The fraction of sp³-hybridized carbons (Fsp3) is 0.118. The lowest BCUT2D eigenvalue weighted by Gasteiger charge is -1.98. The maximum Gasteiger partial charge on any atom is 0.281 e. The molecular formula is C17H16ClN2O+. The first kappa shape index (κ1) is 13.7. The predicted octanol–water partition coefficient (Wildman–Crippen LogP) is 3.93. The molecule has 2 aromatic heterocycles. The molecule has 3 nitrogen and oxygen atoms in total. The monoisotopic (exact) mass is 299 g/mol. The molecule has 2 heterocycles. The summed E-state index contributed by atoms with van der Waals surface area (Å²) in [6.07, 6.45) is 8.00. The fourth-order valence-corrected chi connectivity index (χ4v) is 2.47. The number of hydrogen-bond acceptors (Lipinski definition) is 1. The van der Waals surface area contributed by atoms with Crippen LogP contribution in [0.5, 0.6) is 0 Å². The molecule has 0 spiro atoms. The lowest BCUT2D eigenvalue weighted by Crippen LogP contribution is -2.29. The van der Waals surface area contributed by atoms with Crippen molar-refractivity contribution in [2.75, 3.05) is 0 Å². The molecule has 4 heteroatoms. The van der Waals surface area contributed by atoms with Gasteiger partial charge in [-0.15, -0.1) is 0 Å². The highest BCUT2D eigenvalue weighted by molar-refractivity contribution is 6.33. The van der Waals surface area contributed by atoms with Crippen molar-refractivity contribution >= 4 is 23.8 Å². The molecule has 0 saturated carbocycles. The SMILES string of the molecule is Cn1cc[n+](C)c1C=Cc1ccc(-c2ccccc2Cl)o1. The average Bonchev–Trinajstić information content (AvgIpc) is 3.05. The number of nitrogens with zero attached hydrogens (tertiary/aromatic N) is 2. The number of aryl methyl sites for hydroxylation is 2. The summed E-state index contributed by atoms with van der Waals surface area (Å²) < 4.78 is 9.94. The van der Waals surface area contributed by atoms with Crippen LogP contribution in [-0.2, 0) is 14.1 Å². The summed E-state index contributed by atoms with van der Waals surface area (Å²) in [6.45, 7) is 0. The van der Waals surface area contributed by atoms with Crippen molar-refractivity contribution < 1.29 is 8.98 Å². The van der Waals surface area contributed by atoms with Crippen molar-refractivity contribution in [3.05, 3.63) is 65.4 Å². The van der Waals surface area contributed by atoms with Crippen LogP contribution in [0, 0.1) is 0 Å². The average molecular weight is 300 g/mol. The Hall–Kier alpha value is -2.26. The van der Waals surface area contributed by atoms with Crippen LogP contribution in [0.25, 0.3) is 23.5 Å². The van der Waals surface area contributed by atoms with Gasteiger partial charge >= 0.3 is 0 Å². The predicted molar refractivity (Wildman–Crippen MR) is 84.7 cm³/mol. The first-order valence-corrected chi connectivity index (χ1v) is 7.07. The Morgan fingerprint density at radius 1 is 1.14 bits per heavy atom. The summed E-state index contributed by atoms with van der Waals surface area (Å²) in [4.78, 5) is 0. The van der Waals surface area contributed by atoms with Gasteiger partial charge in [-0.2, -0.15) is 0 Å². The Balaban J connectivity index is 1.88. The van der Waals surface area contributed by atoms with Crippen LogP contribution in [0.3, 0.4) is 0 Å². The number of furan rings is 1. The highest BCUT2D eigenvalue weighted by atomic mass is 35.5. The first-order chi connectivity index (χ1) is 10.1. The molecule has 0 aliphatic rings. The minimum Gasteiger partial charge on any atom is -0.457 e. The molecule has 0 saturated heterocycles. The van der Waals surface area contributed by atoms with E-state index in [1.54, 1.807) is 0 Å². The number of hydrogen-bond donors (Lipinski definition) is 0. The van der Waals surface area contributed by atoms with Gasteiger partial charge in [0.1, 0.15) is 23.9 Å². The van der Waals surface area contributed by atoms with Gasteiger partial charge in [-0.1, -0.05) is 23.7 Å². The van der Waals surface area contributed by atoms with Crippen LogP contribution in [-0.4, -0.2) is 4.57 Å². The summed E-state index contributed by atoms with van der Waals surface area (Å²) >= 11 is 6.18. The van der Waals surface area contributed by atoms with E-state index in [9.17, 15) is 0 Å². The van der Waals surface area contributed by atoms with Gasteiger partial charge in [0.05, 0.1) is 19.1 Å². The van der Waals surface area contributed by atoms with Gasteiger partial charge in [-0.05, 0) is 30.3 Å². The second-order valence-corrected chi connectivity index (χ2v) is 5.30. The third-order valence-electron chi connectivity index (χ3n) is 3.40. The highest BCUT2D eigenvalue weighted by Gasteiger charge is 2.09. The van der Waals surface area contributed by atoms with E-state index in [-0.39, 0.29) is 0 Å². The molecular weight excluding hydrogens is 284 g/mol. The molecule has 0 unspecified atom stereocenters. The number of halogens is 1. The van der Waals surface area contributed by atoms with Crippen molar-refractivity contribution in [2.45, 2.75) is 0 Å².